The van der Waals surface area contributed by atoms with Crippen molar-refractivity contribution in [2.45, 2.75) is 97.4 Å². The molecule has 0 unspecified atom stereocenters. The lowest BCUT2D eigenvalue weighted by molar-refractivity contribution is -0.147. The van der Waals surface area contributed by atoms with E-state index in [0.29, 0.717) is 36.0 Å². The van der Waals surface area contributed by atoms with E-state index in [2.05, 4.69) is 67.0 Å². The summed E-state index contributed by atoms with van der Waals surface area (Å²) in [5.41, 5.74) is 7.22. The first-order valence-electron chi connectivity index (χ1n) is 18.3. The molecule has 264 valence electrons. The molecule has 3 aromatic rings. The summed E-state index contributed by atoms with van der Waals surface area (Å²) in [6, 6.07) is 18.3. The highest BCUT2D eigenvalue weighted by molar-refractivity contribution is 6.32. The van der Waals surface area contributed by atoms with Crippen molar-refractivity contribution in [3.63, 3.8) is 0 Å². The van der Waals surface area contributed by atoms with E-state index in [0.717, 1.165) is 75.4 Å². The number of nitrogens with zero attached hydrogens (tertiary/aromatic N) is 2. The van der Waals surface area contributed by atoms with E-state index >= 15 is 0 Å². The summed E-state index contributed by atoms with van der Waals surface area (Å²) in [4.78, 5) is 17.0. The average Bonchev–Trinajstić information content (AvgIpc) is 3.67. The Hall–Kier alpha value is -3.26. The zero-order chi connectivity index (χ0) is 34.5. The Labute approximate surface area is 297 Å². The van der Waals surface area contributed by atoms with Gasteiger partial charge < -0.3 is 18.9 Å². The van der Waals surface area contributed by atoms with Gasteiger partial charge in [0.1, 0.15) is 23.4 Å². The number of carbonyl (C=O) groups is 1. The SMILES string of the molecule is CCOc1cc(O[C@H]2CCc3c(-c4cccc(OCCCN5[C@H](C)CC[C@H]5C)c4C)cccc32)c(Cl)cc1CN1CCC(C(=O)OC)CC1. The Balaban J connectivity index is 1.13. The fourth-order valence-electron chi connectivity index (χ4n) is 8.14. The second-order valence-electron chi connectivity index (χ2n) is 14.1. The van der Waals surface area contributed by atoms with E-state index in [1.165, 1.54) is 47.8 Å². The second kappa shape index (κ2) is 16.2. The summed E-state index contributed by atoms with van der Waals surface area (Å²) in [5, 5.41) is 0.585. The molecule has 2 heterocycles. The first-order chi connectivity index (χ1) is 23.8. The van der Waals surface area contributed by atoms with Crippen molar-refractivity contribution in [2.75, 3.05) is 40.0 Å². The quantitative estimate of drug-likeness (QED) is 0.131. The van der Waals surface area contributed by atoms with Crippen LogP contribution in [0.5, 0.6) is 17.2 Å². The summed E-state index contributed by atoms with van der Waals surface area (Å²) in [7, 11) is 1.46. The van der Waals surface area contributed by atoms with Gasteiger partial charge >= 0.3 is 5.97 Å². The third-order valence-electron chi connectivity index (χ3n) is 10.9. The first kappa shape index (κ1) is 35.6. The molecule has 3 aliphatic rings. The van der Waals surface area contributed by atoms with Gasteiger partial charge in [-0.15, -0.1) is 0 Å². The van der Waals surface area contributed by atoms with Crippen molar-refractivity contribution < 1.29 is 23.7 Å². The molecule has 2 aliphatic heterocycles. The van der Waals surface area contributed by atoms with Crippen molar-refractivity contribution >= 4 is 17.6 Å². The van der Waals surface area contributed by atoms with Crippen LogP contribution in [0.15, 0.2) is 48.5 Å². The molecule has 1 aliphatic carbocycles. The zero-order valence-corrected chi connectivity index (χ0v) is 30.7. The van der Waals surface area contributed by atoms with Crippen LogP contribution in [-0.4, -0.2) is 67.8 Å². The molecule has 0 bridgehead atoms. The van der Waals surface area contributed by atoms with Crippen molar-refractivity contribution in [1.82, 2.24) is 9.80 Å². The van der Waals surface area contributed by atoms with E-state index in [9.17, 15) is 4.79 Å². The summed E-state index contributed by atoms with van der Waals surface area (Å²) in [6.07, 6.45) is 6.93. The van der Waals surface area contributed by atoms with Gasteiger partial charge in [-0.3, -0.25) is 14.6 Å². The molecule has 2 saturated heterocycles. The maximum absolute atomic E-state index is 12.0. The molecule has 3 aromatic carbocycles. The van der Waals surface area contributed by atoms with Crippen molar-refractivity contribution in [1.29, 1.82) is 0 Å². The van der Waals surface area contributed by atoms with Crippen LogP contribution in [0.3, 0.4) is 0 Å². The second-order valence-corrected chi connectivity index (χ2v) is 14.5. The largest absolute Gasteiger partial charge is 0.493 e. The fraction of sp³-hybridized carbons (Fsp3) is 0.537. The van der Waals surface area contributed by atoms with Gasteiger partial charge in [-0.25, -0.2) is 0 Å². The topological polar surface area (TPSA) is 60.5 Å². The molecule has 8 heteroatoms. The van der Waals surface area contributed by atoms with E-state index in [1.807, 2.05) is 19.1 Å². The molecule has 0 spiro atoms. The number of fused-ring (bicyclic) bond motifs is 1. The summed E-state index contributed by atoms with van der Waals surface area (Å²) in [5.74, 6) is 2.27. The number of likely N-dealkylation sites (tertiary alicyclic amines) is 2. The number of carbonyl (C=O) groups excluding carboxylic acids is 1. The number of esters is 1. The standard InChI is InChI=1S/C41H53ClN2O5/c1-6-47-39-25-40(36(42)24-31(39)26-43-21-18-30(19-22-43)41(45)46-5)49-38-17-16-34-33(11-7-12-35(34)38)32-10-8-13-37(29(32)4)48-23-9-20-44-27(2)14-15-28(44)3/h7-8,10-13,24-25,27-28,30,38H,6,9,14-23,26H2,1-5H3/t27-,28-,38+/m1/s1. The van der Waals surface area contributed by atoms with Crippen LogP contribution in [0, 0.1) is 12.8 Å². The Morgan fingerprint density at radius 1 is 0.898 bits per heavy atom. The summed E-state index contributed by atoms with van der Waals surface area (Å²) < 4.78 is 24.1. The monoisotopic (exact) mass is 688 g/mol. The maximum Gasteiger partial charge on any atom is 0.308 e. The van der Waals surface area contributed by atoms with Crippen LogP contribution >= 0.6 is 11.6 Å². The van der Waals surface area contributed by atoms with Gasteiger partial charge in [-0.05, 0) is 126 Å². The van der Waals surface area contributed by atoms with Crippen molar-refractivity contribution in [3.8, 4) is 28.4 Å². The molecule has 0 saturated carbocycles. The minimum atomic E-state index is -0.111. The molecule has 2 fully saturated rings. The molecular weight excluding hydrogens is 636 g/mol. The lowest BCUT2D eigenvalue weighted by Crippen LogP contribution is -2.36. The minimum Gasteiger partial charge on any atom is -0.493 e. The van der Waals surface area contributed by atoms with Gasteiger partial charge in [0.25, 0.3) is 0 Å². The molecule has 6 rings (SSSR count). The van der Waals surface area contributed by atoms with Crippen LogP contribution < -0.4 is 14.2 Å². The van der Waals surface area contributed by atoms with E-state index in [-0.39, 0.29) is 18.0 Å². The predicted octanol–water partition coefficient (Wildman–Crippen LogP) is 8.81. The molecule has 7 nitrogen and oxygen atoms in total. The van der Waals surface area contributed by atoms with Gasteiger partial charge in [-0.1, -0.05) is 41.9 Å². The fourth-order valence-corrected chi connectivity index (χ4v) is 8.37. The Morgan fingerprint density at radius 3 is 2.37 bits per heavy atom. The van der Waals surface area contributed by atoms with Crippen LogP contribution in [-0.2, 0) is 22.5 Å². The minimum absolute atomic E-state index is 0.0226. The normalized spacial score (nSPS) is 21.5. The van der Waals surface area contributed by atoms with Crippen molar-refractivity contribution in [3.05, 3.63) is 75.8 Å². The predicted molar refractivity (Wildman–Crippen MR) is 196 cm³/mol. The number of ether oxygens (including phenoxy) is 4. The number of halogens is 1. The Kier molecular flexibility index (Phi) is 11.7. The van der Waals surface area contributed by atoms with Crippen LogP contribution in [0.25, 0.3) is 11.1 Å². The highest BCUT2D eigenvalue weighted by Gasteiger charge is 2.30. The van der Waals surface area contributed by atoms with Crippen LogP contribution in [0.4, 0.5) is 0 Å². The highest BCUT2D eigenvalue weighted by atomic mass is 35.5. The lowest BCUT2D eigenvalue weighted by atomic mass is 9.93. The van der Waals surface area contributed by atoms with Gasteiger partial charge in [0.05, 0.1) is 31.3 Å². The van der Waals surface area contributed by atoms with E-state index in [1.54, 1.807) is 0 Å². The first-order valence-corrected chi connectivity index (χ1v) is 18.7. The van der Waals surface area contributed by atoms with Gasteiger partial charge in [0.2, 0.25) is 0 Å². The molecule has 3 atom stereocenters. The van der Waals surface area contributed by atoms with Gasteiger partial charge in [0, 0.05) is 36.8 Å². The molecule has 49 heavy (non-hydrogen) atoms. The highest BCUT2D eigenvalue weighted by Crippen LogP contribution is 2.44. The number of piperidine rings is 1. The zero-order valence-electron chi connectivity index (χ0n) is 29.9. The number of rotatable bonds is 13. The number of hydrogen-bond acceptors (Lipinski definition) is 7. The number of benzene rings is 3. The Bertz CT molecular complexity index is 1590. The van der Waals surface area contributed by atoms with Gasteiger partial charge in [0.15, 0.2) is 0 Å². The third kappa shape index (κ3) is 8.05. The summed E-state index contributed by atoms with van der Waals surface area (Å²) in [6.45, 7) is 13.6. The molecular formula is C41H53ClN2O5. The molecule has 0 aromatic heterocycles. The van der Waals surface area contributed by atoms with E-state index in [4.69, 9.17) is 30.5 Å². The van der Waals surface area contributed by atoms with Crippen LogP contribution in [0.2, 0.25) is 5.02 Å². The molecule has 0 radical (unpaired) electrons. The average molecular weight is 689 g/mol. The van der Waals surface area contributed by atoms with Gasteiger partial charge in [-0.2, -0.15) is 0 Å². The number of methoxy groups -OCH3 is 1. The summed E-state index contributed by atoms with van der Waals surface area (Å²) >= 11 is 6.90. The maximum atomic E-state index is 12.0. The van der Waals surface area contributed by atoms with Crippen molar-refractivity contribution in [2.24, 2.45) is 5.92 Å². The molecule has 0 amide bonds. The Morgan fingerprint density at radius 2 is 1.63 bits per heavy atom. The third-order valence-corrected chi connectivity index (χ3v) is 11.2. The smallest absolute Gasteiger partial charge is 0.308 e. The van der Waals surface area contributed by atoms with E-state index < -0.39 is 0 Å². The van der Waals surface area contributed by atoms with Crippen LogP contribution in [0.1, 0.15) is 87.7 Å². The molecule has 0 N–H and O–H groups in total. The lowest BCUT2D eigenvalue weighted by Gasteiger charge is -2.31. The number of hydrogen-bond donors (Lipinski definition) is 0.